The number of hydrogen-bond donors (Lipinski definition) is 3. The Kier molecular flexibility index (Phi) is 7.40. The monoisotopic (exact) mass is 453 g/mol. The van der Waals surface area contributed by atoms with E-state index in [-0.39, 0.29) is 17.5 Å². The first-order chi connectivity index (χ1) is 16.6. The van der Waals surface area contributed by atoms with Crippen molar-refractivity contribution < 1.29 is 14.3 Å². The third-order valence-electron chi connectivity index (χ3n) is 5.39. The molecule has 0 saturated carbocycles. The Labute approximate surface area is 198 Å². The summed E-state index contributed by atoms with van der Waals surface area (Å²) in [7, 11) is 0. The third-order valence-corrected chi connectivity index (χ3v) is 5.39. The summed E-state index contributed by atoms with van der Waals surface area (Å²) in [6.45, 7) is 2.93. The predicted molar refractivity (Wildman–Crippen MR) is 135 cm³/mol. The molecule has 0 radical (unpaired) electrons. The predicted octanol–water partition coefficient (Wildman–Crippen LogP) is 4.70. The second-order valence-electron chi connectivity index (χ2n) is 7.75. The van der Waals surface area contributed by atoms with Crippen LogP contribution in [-0.4, -0.2) is 29.9 Å². The molecule has 3 aromatic carbocycles. The molecule has 6 heteroatoms. The van der Waals surface area contributed by atoms with Crippen molar-refractivity contribution in [2.45, 2.75) is 13.3 Å². The van der Waals surface area contributed by atoms with Gasteiger partial charge in [0.15, 0.2) is 0 Å². The van der Waals surface area contributed by atoms with E-state index in [1.165, 1.54) is 0 Å². The molecule has 1 aromatic heterocycles. The number of nitrogens with one attached hydrogen (secondary N) is 3. The van der Waals surface area contributed by atoms with Gasteiger partial charge >= 0.3 is 0 Å². The molecule has 0 spiro atoms. The van der Waals surface area contributed by atoms with Crippen molar-refractivity contribution in [1.29, 1.82) is 0 Å². The highest BCUT2D eigenvalue weighted by Gasteiger charge is 2.15. The normalized spacial score (nSPS) is 11.3. The number of fused-ring (bicyclic) bond motifs is 1. The molecule has 2 amide bonds. The van der Waals surface area contributed by atoms with E-state index >= 15 is 0 Å². The molecule has 0 atom stereocenters. The average Bonchev–Trinajstić information content (AvgIpc) is 3.28. The molecule has 3 N–H and O–H groups in total. The number of ether oxygens (including phenoxy) is 1. The number of carbonyl (C=O) groups excluding carboxylic acids is 2. The molecule has 4 rings (SSSR count). The summed E-state index contributed by atoms with van der Waals surface area (Å²) in [5.41, 5.74) is 3.62. The number of hydrogen-bond acceptors (Lipinski definition) is 3. The first kappa shape index (κ1) is 22.9. The minimum Gasteiger partial charge on any atom is -0.494 e. The maximum atomic E-state index is 13.0. The van der Waals surface area contributed by atoms with Gasteiger partial charge in [-0.2, -0.15) is 0 Å². The molecule has 172 valence electrons. The van der Waals surface area contributed by atoms with Crippen molar-refractivity contribution in [3.8, 4) is 5.75 Å². The van der Waals surface area contributed by atoms with Crippen LogP contribution < -0.4 is 15.4 Å². The second kappa shape index (κ2) is 11.0. The lowest BCUT2D eigenvalue weighted by Gasteiger charge is -2.11. The molecule has 0 aliphatic carbocycles. The molecule has 0 aliphatic heterocycles. The van der Waals surface area contributed by atoms with Gasteiger partial charge in [0.25, 0.3) is 11.8 Å². The fourth-order valence-corrected chi connectivity index (χ4v) is 3.68. The van der Waals surface area contributed by atoms with Crippen LogP contribution in [0.15, 0.2) is 90.8 Å². The van der Waals surface area contributed by atoms with Crippen LogP contribution in [0.3, 0.4) is 0 Å². The highest BCUT2D eigenvalue weighted by Crippen LogP contribution is 2.18. The van der Waals surface area contributed by atoms with E-state index in [9.17, 15) is 9.59 Å². The van der Waals surface area contributed by atoms with Crippen molar-refractivity contribution >= 4 is 28.8 Å². The highest BCUT2D eigenvalue weighted by atomic mass is 16.5. The Hall–Kier alpha value is -4.32. The second-order valence-corrected chi connectivity index (χ2v) is 7.75. The number of aromatic nitrogens is 1. The van der Waals surface area contributed by atoms with Crippen molar-refractivity contribution in [3.63, 3.8) is 0 Å². The zero-order chi connectivity index (χ0) is 23.8. The molecule has 34 heavy (non-hydrogen) atoms. The van der Waals surface area contributed by atoms with E-state index in [1.807, 2.05) is 61.7 Å². The van der Waals surface area contributed by atoms with Crippen LogP contribution in [0.25, 0.3) is 17.0 Å². The van der Waals surface area contributed by atoms with Gasteiger partial charge in [0.2, 0.25) is 0 Å². The number of para-hydroxylation sites is 1. The number of benzene rings is 3. The number of rotatable bonds is 9. The lowest BCUT2D eigenvalue weighted by atomic mass is 10.1. The molecule has 1 heterocycles. The van der Waals surface area contributed by atoms with Crippen molar-refractivity contribution in [2.75, 3.05) is 13.2 Å². The van der Waals surface area contributed by atoms with Crippen LogP contribution in [0.4, 0.5) is 0 Å². The van der Waals surface area contributed by atoms with Gasteiger partial charge in [-0.1, -0.05) is 48.5 Å². The van der Waals surface area contributed by atoms with Gasteiger partial charge in [-0.25, -0.2) is 0 Å². The van der Waals surface area contributed by atoms with Crippen LogP contribution in [0.1, 0.15) is 28.4 Å². The van der Waals surface area contributed by atoms with Crippen LogP contribution in [0.2, 0.25) is 0 Å². The Morgan fingerprint density at radius 2 is 1.68 bits per heavy atom. The number of amides is 2. The van der Waals surface area contributed by atoms with E-state index in [2.05, 4.69) is 21.7 Å². The summed E-state index contributed by atoms with van der Waals surface area (Å²) in [6, 6.07) is 24.2. The molecule has 6 nitrogen and oxygen atoms in total. The molecule has 0 aliphatic rings. The van der Waals surface area contributed by atoms with E-state index < -0.39 is 0 Å². The summed E-state index contributed by atoms with van der Waals surface area (Å²) in [5.74, 6) is 0.0558. The average molecular weight is 454 g/mol. The van der Waals surface area contributed by atoms with Crippen LogP contribution in [-0.2, 0) is 11.2 Å². The minimum absolute atomic E-state index is 0.178. The molecule has 0 bridgehead atoms. The van der Waals surface area contributed by atoms with Gasteiger partial charge in [-0.3, -0.25) is 9.59 Å². The molecule has 0 unspecified atom stereocenters. The summed E-state index contributed by atoms with van der Waals surface area (Å²) in [5, 5.41) is 6.84. The lowest BCUT2D eigenvalue weighted by molar-refractivity contribution is -0.117. The van der Waals surface area contributed by atoms with Crippen molar-refractivity contribution in [2.24, 2.45) is 0 Å². The van der Waals surface area contributed by atoms with Crippen LogP contribution in [0.5, 0.6) is 5.75 Å². The topological polar surface area (TPSA) is 83.2 Å². The molecular weight excluding hydrogens is 426 g/mol. The summed E-state index contributed by atoms with van der Waals surface area (Å²) >= 11 is 0. The largest absolute Gasteiger partial charge is 0.494 e. The van der Waals surface area contributed by atoms with Gasteiger partial charge in [0.1, 0.15) is 11.4 Å². The number of carbonyl (C=O) groups is 2. The fraction of sp³-hybridized carbons (Fsp3) is 0.143. The van der Waals surface area contributed by atoms with Crippen molar-refractivity contribution in [1.82, 2.24) is 15.6 Å². The van der Waals surface area contributed by atoms with E-state index in [0.29, 0.717) is 25.1 Å². The minimum atomic E-state index is -0.349. The van der Waals surface area contributed by atoms with E-state index in [4.69, 9.17) is 4.74 Å². The Morgan fingerprint density at radius 3 is 2.44 bits per heavy atom. The highest BCUT2D eigenvalue weighted by molar-refractivity contribution is 6.05. The first-order valence-corrected chi connectivity index (χ1v) is 11.3. The number of aromatic amines is 1. The zero-order valence-corrected chi connectivity index (χ0v) is 19.0. The molecule has 4 aromatic rings. The van der Waals surface area contributed by atoms with Gasteiger partial charge in [0, 0.05) is 29.2 Å². The molecule has 0 saturated heterocycles. The Balaban J connectivity index is 1.48. The summed E-state index contributed by atoms with van der Waals surface area (Å²) in [6.07, 6.45) is 4.29. The first-order valence-electron chi connectivity index (χ1n) is 11.3. The third kappa shape index (κ3) is 5.72. The van der Waals surface area contributed by atoms with Crippen LogP contribution in [0, 0.1) is 0 Å². The zero-order valence-electron chi connectivity index (χ0n) is 19.0. The van der Waals surface area contributed by atoms with E-state index in [0.717, 1.165) is 27.8 Å². The van der Waals surface area contributed by atoms with Gasteiger partial charge in [0.05, 0.1) is 6.61 Å². The van der Waals surface area contributed by atoms with E-state index in [1.54, 1.807) is 30.3 Å². The summed E-state index contributed by atoms with van der Waals surface area (Å²) < 4.78 is 5.48. The maximum absolute atomic E-state index is 13.0. The molecule has 0 fully saturated rings. The lowest BCUT2D eigenvalue weighted by Crippen LogP contribution is -2.35. The van der Waals surface area contributed by atoms with Gasteiger partial charge in [-0.05, 0) is 60.9 Å². The smallest absolute Gasteiger partial charge is 0.267 e. The Morgan fingerprint density at radius 1 is 0.941 bits per heavy atom. The van der Waals surface area contributed by atoms with Crippen LogP contribution >= 0.6 is 0 Å². The molecular formula is C28H27N3O3. The van der Waals surface area contributed by atoms with Gasteiger partial charge in [-0.15, -0.1) is 0 Å². The fourth-order valence-electron chi connectivity index (χ4n) is 3.68. The van der Waals surface area contributed by atoms with Crippen molar-refractivity contribution in [3.05, 3.63) is 107 Å². The van der Waals surface area contributed by atoms with Gasteiger partial charge < -0.3 is 20.4 Å². The summed E-state index contributed by atoms with van der Waals surface area (Å²) in [4.78, 5) is 29.0. The quantitative estimate of drug-likeness (QED) is 0.321. The standard InChI is InChI=1S/C28H27N3O3/c1-2-34-23-14-12-20(13-15-23)18-26(31-27(32)21-8-4-3-5-9-21)28(33)29-17-16-22-19-30-25-11-7-6-10-24(22)25/h3-15,18-19,30H,2,16-17H2,1H3,(H,29,33)(H,31,32)/b26-18+. The SMILES string of the molecule is CCOc1ccc(/C=C(/NC(=O)c2ccccc2)C(=O)NCCc2c[nH]c3ccccc23)cc1. The maximum Gasteiger partial charge on any atom is 0.267 e. The Bertz CT molecular complexity index is 1290. The number of H-pyrrole nitrogens is 1.